The average Bonchev–Trinajstić information content (AvgIpc) is 3.51. The molecule has 10 heteroatoms. The molecule has 2 heterocycles. The molecule has 41 heavy (non-hydrogen) atoms. The number of benzene rings is 3. The van der Waals surface area contributed by atoms with Gasteiger partial charge in [-0.15, -0.1) is 0 Å². The zero-order chi connectivity index (χ0) is 29.0. The molecule has 1 amide bonds. The number of sulfone groups is 1. The van der Waals surface area contributed by atoms with E-state index in [4.69, 9.17) is 16.0 Å². The molecular formula is C31H23ClN2O6S. The number of carbonyl (C=O) groups excluding carboxylic acids is 1. The number of carboxylic acids is 1. The number of hydrogen-bond acceptors (Lipinski definition) is 6. The van der Waals surface area contributed by atoms with Gasteiger partial charge < -0.3 is 14.8 Å². The summed E-state index contributed by atoms with van der Waals surface area (Å²) >= 11 is 6.10. The van der Waals surface area contributed by atoms with Crippen molar-refractivity contribution in [1.82, 2.24) is 10.3 Å². The van der Waals surface area contributed by atoms with Crippen LogP contribution in [0.5, 0.6) is 0 Å². The molecule has 0 radical (unpaired) electrons. The van der Waals surface area contributed by atoms with Crippen molar-refractivity contribution in [2.24, 2.45) is 0 Å². The summed E-state index contributed by atoms with van der Waals surface area (Å²) in [5.74, 6) is -2.54. The van der Waals surface area contributed by atoms with E-state index in [1.165, 1.54) is 36.6 Å². The highest BCUT2D eigenvalue weighted by molar-refractivity contribution is 7.91. The minimum Gasteiger partial charge on any atom is -0.478 e. The number of nitrogens with zero attached hydrogens (tertiary/aromatic N) is 1. The second-order valence-corrected chi connectivity index (χ2v) is 11.6. The Labute approximate surface area is 240 Å². The summed E-state index contributed by atoms with van der Waals surface area (Å²) in [5, 5.41) is 13.8. The molecule has 0 spiro atoms. The molecular weight excluding hydrogens is 564 g/mol. The molecule has 0 bridgehead atoms. The monoisotopic (exact) mass is 586 g/mol. The highest BCUT2D eigenvalue weighted by Gasteiger charge is 2.28. The molecule has 0 saturated heterocycles. The van der Waals surface area contributed by atoms with Crippen molar-refractivity contribution in [3.63, 3.8) is 0 Å². The quantitative estimate of drug-likeness (QED) is 0.208. The molecule has 0 fully saturated rings. The molecule has 5 aromatic rings. The Kier molecular flexibility index (Phi) is 8.00. The number of carboxylic acid groups (broad SMARTS) is 1. The summed E-state index contributed by atoms with van der Waals surface area (Å²) in [6.45, 7) is 0. The van der Waals surface area contributed by atoms with E-state index in [1.807, 2.05) is 36.4 Å². The van der Waals surface area contributed by atoms with Crippen molar-refractivity contribution >= 4 is 56.4 Å². The van der Waals surface area contributed by atoms with Crippen LogP contribution in [0, 0.1) is 0 Å². The van der Waals surface area contributed by atoms with Crippen molar-refractivity contribution in [3.05, 3.63) is 130 Å². The van der Waals surface area contributed by atoms with Crippen molar-refractivity contribution < 1.29 is 27.5 Å². The smallest absolute Gasteiger partial charge is 0.337 e. The normalized spacial score (nSPS) is 12.4. The van der Waals surface area contributed by atoms with E-state index in [9.17, 15) is 23.1 Å². The first kappa shape index (κ1) is 27.8. The summed E-state index contributed by atoms with van der Waals surface area (Å²) in [4.78, 5) is 28.9. The van der Waals surface area contributed by atoms with Crippen LogP contribution >= 0.6 is 11.6 Å². The first-order valence-electron chi connectivity index (χ1n) is 12.4. The van der Waals surface area contributed by atoms with Gasteiger partial charge in [0.25, 0.3) is 5.91 Å². The van der Waals surface area contributed by atoms with Gasteiger partial charge in [-0.1, -0.05) is 60.1 Å². The van der Waals surface area contributed by atoms with Gasteiger partial charge in [-0.05, 0) is 65.7 Å². The molecule has 206 valence electrons. The van der Waals surface area contributed by atoms with E-state index >= 15 is 0 Å². The van der Waals surface area contributed by atoms with Crippen LogP contribution < -0.4 is 5.32 Å². The number of rotatable bonds is 9. The van der Waals surface area contributed by atoms with E-state index in [0.29, 0.717) is 16.3 Å². The predicted molar refractivity (Wildman–Crippen MR) is 156 cm³/mol. The molecule has 1 atom stereocenters. The Morgan fingerprint density at radius 2 is 1.76 bits per heavy atom. The number of furan rings is 1. The van der Waals surface area contributed by atoms with E-state index in [1.54, 1.807) is 36.4 Å². The second-order valence-electron chi connectivity index (χ2n) is 9.16. The van der Waals surface area contributed by atoms with Gasteiger partial charge in [-0.25, -0.2) is 18.2 Å². The van der Waals surface area contributed by atoms with Gasteiger partial charge in [0.2, 0.25) is 0 Å². The fourth-order valence-corrected chi connectivity index (χ4v) is 6.18. The van der Waals surface area contributed by atoms with Gasteiger partial charge in [-0.2, -0.15) is 0 Å². The molecule has 0 aliphatic rings. The predicted octanol–water partition coefficient (Wildman–Crippen LogP) is 6.29. The Morgan fingerprint density at radius 3 is 2.54 bits per heavy atom. The zero-order valence-corrected chi connectivity index (χ0v) is 23.0. The third-order valence-corrected chi connectivity index (χ3v) is 8.36. The maximum atomic E-state index is 13.5. The lowest BCUT2D eigenvalue weighted by Gasteiger charge is -2.20. The van der Waals surface area contributed by atoms with Crippen LogP contribution in [-0.4, -0.2) is 36.1 Å². The summed E-state index contributed by atoms with van der Waals surface area (Å²) in [6.07, 6.45) is 4.97. The molecule has 3 aromatic carbocycles. The Bertz CT molecular complexity index is 1880. The number of fused-ring (bicyclic) bond motifs is 1. The fraction of sp³-hybridized carbons (Fsp3) is 0.0645. The fourth-order valence-electron chi connectivity index (χ4n) is 4.34. The number of carbonyl (C=O) groups is 2. The van der Waals surface area contributed by atoms with E-state index in [-0.39, 0.29) is 16.2 Å². The van der Waals surface area contributed by atoms with Crippen molar-refractivity contribution in [2.45, 2.75) is 10.9 Å². The lowest BCUT2D eigenvalue weighted by atomic mass is 10.0. The lowest BCUT2D eigenvalue weighted by Crippen LogP contribution is -2.33. The summed E-state index contributed by atoms with van der Waals surface area (Å²) in [6, 6.07) is 23.7. The van der Waals surface area contributed by atoms with Gasteiger partial charge in [0.1, 0.15) is 0 Å². The standard InChI is InChI=1S/C31H23ClN2O6S/c32-23-13-11-21-12-15-24(33-26(21)18-23)14-10-20-5-3-6-22(17-20)27(34-30(35)28-8-4-16-40-28)19-41(38,39)29-9-2-1-7-25(29)31(36)37/h1-18,27H,19H2,(H,34,35)(H,36,37)/b14-10+. The molecule has 1 unspecified atom stereocenters. The van der Waals surface area contributed by atoms with Gasteiger partial charge in [0, 0.05) is 10.4 Å². The number of pyridine rings is 1. The lowest BCUT2D eigenvalue weighted by molar-refractivity contribution is 0.0692. The molecule has 0 saturated carbocycles. The third kappa shape index (κ3) is 6.54. The topological polar surface area (TPSA) is 127 Å². The highest BCUT2D eigenvalue weighted by Crippen LogP contribution is 2.25. The average molecular weight is 587 g/mol. The molecule has 8 nitrogen and oxygen atoms in total. The summed E-state index contributed by atoms with van der Waals surface area (Å²) < 4.78 is 32.1. The molecule has 0 aliphatic carbocycles. The van der Waals surface area contributed by atoms with E-state index in [0.717, 1.165) is 16.5 Å². The van der Waals surface area contributed by atoms with Gasteiger partial charge in [-0.3, -0.25) is 4.79 Å². The van der Waals surface area contributed by atoms with Gasteiger partial charge in [0.15, 0.2) is 15.6 Å². The van der Waals surface area contributed by atoms with Crippen LogP contribution in [0.1, 0.15) is 43.8 Å². The Balaban J connectivity index is 1.47. The van der Waals surface area contributed by atoms with Crippen LogP contribution in [-0.2, 0) is 9.84 Å². The molecule has 0 aliphatic heterocycles. The first-order chi connectivity index (χ1) is 19.7. The van der Waals surface area contributed by atoms with Crippen LogP contribution in [0.25, 0.3) is 23.1 Å². The first-order valence-corrected chi connectivity index (χ1v) is 14.5. The van der Waals surface area contributed by atoms with E-state index < -0.39 is 33.5 Å². The van der Waals surface area contributed by atoms with Crippen LogP contribution in [0.3, 0.4) is 0 Å². The minimum absolute atomic E-state index is 0.0110. The zero-order valence-electron chi connectivity index (χ0n) is 21.4. The number of aromatic carboxylic acids is 1. The van der Waals surface area contributed by atoms with Crippen LogP contribution in [0.15, 0.2) is 107 Å². The number of hydrogen-bond donors (Lipinski definition) is 2. The van der Waals surface area contributed by atoms with Gasteiger partial charge >= 0.3 is 5.97 Å². The summed E-state index contributed by atoms with van der Waals surface area (Å²) in [5.41, 5.74) is 2.34. The SMILES string of the molecule is O=C(NC(CS(=O)(=O)c1ccccc1C(=O)O)c1cccc(/C=C/c2ccc3ccc(Cl)cc3n2)c1)c1ccco1. The largest absolute Gasteiger partial charge is 0.478 e. The van der Waals surface area contributed by atoms with E-state index in [2.05, 4.69) is 10.3 Å². The molecule has 2 N–H and O–H groups in total. The maximum absolute atomic E-state index is 13.5. The Morgan fingerprint density at radius 1 is 0.951 bits per heavy atom. The molecule has 5 rings (SSSR count). The third-order valence-electron chi connectivity index (χ3n) is 6.32. The number of nitrogens with one attached hydrogen (secondary N) is 1. The number of halogens is 1. The van der Waals surface area contributed by atoms with Crippen molar-refractivity contribution in [3.8, 4) is 0 Å². The van der Waals surface area contributed by atoms with Crippen LogP contribution in [0.2, 0.25) is 5.02 Å². The van der Waals surface area contributed by atoms with Gasteiger partial charge in [0.05, 0.1) is 39.7 Å². The molecule has 2 aromatic heterocycles. The summed E-state index contributed by atoms with van der Waals surface area (Å²) in [7, 11) is -4.16. The number of aromatic nitrogens is 1. The minimum atomic E-state index is -4.16. The highest BCUT2D eigenvalue weighted by atomic mass is 35.5. The second kappa shape index (κ2) is 11.8. The Hall–Kier alpha value is -4.73. The number of amides is 1. The van der Waals surface area contributed by atoms with Crippen molar-refractivity contribution in [2.75, 3.05) is 5.75 Å². The maximum Gasteiger partial charge on any atom is 0.337 e. The van der Waals surface area contributed by atoms with Crippen LogP contribution in [0.4, 0.5) is 0 Å². The van der Waals surface area contributed by atoms with Crippen molar-refractivity contribution in [1.29, 1.82) is 0 Å².